The van der Waals surface area contributed by atoms with E-state index in [9.17, 15) is 24.6 Å². The van der Waals surface area contributed by atoms with Gasteiger partial charge in [0.15, 0.2) is 0 Å². The fraction of sp³-hybridized carbons (Fsp3) is 0. The van der Waals surface area contributed by atoms with Crippen LogP contribution in [0.4, 0.5) is 21.5 Å². The average Bonchev–Trinajstić information content (AvgIpc) is 2.47. The first-order valence-electron chi connectivity index (χ1n) is 5.95. The minimum absolute atomic E-state index is 0.0109. The van der Waals surface area contributed by atoms with E-state index >= 15 is 0 Å². The summed E-state index contributed by atoms with van der Waals surface area (Å²) in [6, 6.07) is 8.72. The average molecular weight is 304 g/mol. The van der Waals surface area contributed by atoms with E-state index in [1.807, 2.05) is 0 Å². The van der Waals surface area contributed by atoms with Crippen LogP contribution in [0.25, 0.3) is 0 Å². The van der Waals surface area contributed by atoms with Crippen LogP contribution in [0.2, 0.25) is 0 Å². The normalized spacial score (nSPS) is 10.6. The maximum absolute atomic E-state index is 13.0. The van der Waals surface area contributed by atoms with Gasteiger partial charge in [-0.1, -0.05) is 12.1 Å². The number of nitro benzene ring substituents is 2. The van der Waals surface area contributed by atoms with Crippen molar-refractivity contribution >= 4 is 23.3 Å². The van der Waals surface area contributed by atoms with Crippen LogP contribution in [0.3, 0.4) is 0 Å². The molecule has 1 N–H and O–H groups in total. The number of hydrazone groups is 1. The van der Waals surface area contributed by atoms with Crippen molar-refractivity contribution in [2.45, 2.75) is 0 Å². The van der Waals surface area contributed by atoms with Crippen molar-refractivity contribution in [3.8, 4) is 0 Å². The van der Waals surface area contributed by atoms with Gasteiger partial charge in [-0.2, -0.15) is 5.10 Å². The molecular formula is C13H9FN4O4. The van der Waals surface area contributed by atoms with E-state index in [-0.39, 0.29) is 5.69 Å². The lowest BCUT2D eigenvalue weighted by atomic mass is 10.2. The molecule has 0 atom stereocenters. The molecule has 112 valence electrons. The summed E-state index contributed by atoms with van der Waals surface area (Å²) < 4.78 is 13.0. The molecule has 0 aromatic heterocycles. The first-order valence-corrected chi connectivity index (χ1v) is 5.95. The van der Waals surface area contributed by atoms with Crippen molar-refractivity contribution in [2.75, 3.05) is 5.43 Å². The molecule has 0 heterocycles. The Balaban J connectivity index is 2.22. The Labute approximate surface area is 123 Å². The molecule has 22 heavy (non-hydrogen) atoms. The second-order valence-electron chi connectivity index (χ2n) is 4.14. The molecule has 0 aliphatic rings. The van der Waals surface area contributed by atoms with Crippen LogP contribution >= 0.6 is 0 Å². The highest BCUT2D eigenvalue weighted by Gasteiger charge is 2.18. The second kappa shape index (κ2) is 6.39. The van der Waals surface area contributed by atoms with Crippen LogP contribution in [0.15, 0.2) is 47.6 Å². The minimum atomic E-state index is -0.757. The summed E-state index contributed by atoms with van der Waals surface area (Å²) in [6.07, 6.45) is 1.27. The van der Waals surface area contributed by atoms with Crippen molar-refractivity contribution in [3.05, 3.63) is 74.1 Å². The molecule has 0 bridgehead atoms. The van der Waals surface area contributed by atoms with Gasteiger partial charge in [0.25, 0.3) is 5.69 Å². The van der Waals surface area contributed by atoms with Gasteiger partial charge in [-0.05, 0) is 23.8 Å². The SMILES string of the molecule is O=[N+]([O-])c1ccc(N/N=C/c2cccc(F)c2)c([N+](=O)[O-])c1. The lowest BCUT2D eigenvalue weighted by Gasteiger charge is -2.01. The number of anilines is 1. The number of halogens is 1. The molecule has 9 heteroatoms. The number of hydrogen-bond donors (Lipinski definition) is 1. The van der Waals surface area contributed by atoms with Gasteiger partial charge < -0.3 is 0 Å². The van der Waals surface area contributed by atoms with Crippen LogP contribution < -0.4 is 5.43 Å². The summed E-state index contributed by atoms with van der Waals surface area (Å²) in [5.41, 5.74) is 1.98. The maximum atomic E-state index is 13.0. The lowest BCUT2D eigenvalue weighted by molar-refractivity contribution is -0.393. The highest BCUT2D eigenvalue weighted by Crippen LogP contribution is 2.28. The van der Waals surface area contributed by atoms with Gasteiger partial charge in [-0.15, -0.1) is 0 Å². The summed E-state index contributed by atoms with van der Waals surface area (Å²) >= 11 is 0. The van der Waals surface area contributed by atoms with E-state index in [2.05, 4.69) is 10.5 Å². The van der Waals surface area contributed by atoms with Crippen LogP contribution in [-0.2, 0) is 0 Å². The number of nitrogens with one attached hydrogen (secondary N) is 1. The first-order chi connectivity index (χ1) is 10.5. The number of non-ortho nitro benzene ring substituents is 1. The monoisotopic (exact) mass is 304 g/mol. The van der Waals surface area contributed by atoms with Crippen LogP contribution in [0.1, 0.15) is 5.56 Å². The Bertz CT molecular complexity index is 763. The number of hydrogen-bond acceptors (Lipinski definition) is 6. The molecule has 0 aliphatic carbocycles. The van der Waals surface area contributed by atoms with Crippen molar-refractivity contribution in [1.29, 1.82) is 0 Å². The van der Waals surface area contributed by atoms with Gasteiger partial charge in [0, 0.05) is 6.07 Å². The third-order valence-electron chi connectivity index (χ3n) is 2.64. The van der Waals surface area contributed by atoms with Gasteiger partial charge in [0.1, 0.15) is 11.5 Å². The van der Waals surface area contributed by atoms with Crippen LogP contribution in [0.5, 0.6) is 0 Å². The minimum Gasteiger partial charge on any atom is -0.272 e. The van der Waals surface area contributed by atoms with E-state index in [1.165, 1.54) is 30.5 Å². The third kappa shape index (κ3) is 3.60. The molecule has 0 fully saturated rings. The van der Waals surface area contributed by atoms with E-state index < -0.39 is 27.0 Å². The molecule has 2 aromatic rings. The molecular weight excluding hydrogens is 295 g/mol. The predicted octanol–water partition coefficient (Wildman–Crippen LogP) is 3.09. The molecule has 8 nitrogen and oxygen atoms in total. The quantitative estimate of drug-likeness (QED) is 0.518. The van der Waals surface area contributed by atoms with Gasteiger partial charge in [-0.3, -0.25) is 25.7 Å². The lowest BCUT2D eigenvalue weighted by Crippen LogP contribution is -1.98. The highest BCUT2D eigenvalue weighted by atomic mass is 19.1. The molecule has 0 saturated heterocycles. The van der Waals surface area contributed by atoms with Gasteiger partial charge in [-0.25, -0.2) is 4.39 Å². The van der Waals surface area contributed by atoms with Gasteiger partial charge >= 0.3 is 5.69 Å². The largest absolute Gasteiger partial charge is 0.301 e. The molecule has 0 unspecified atom stereocenters. The van der Waals surface area contributed by atoms with Crippen molar-refractivity contribution in [3.63, 3.8) is 0 Å². The smallest absolute Gasteiger partial charge is 0.272 e. The molecule has 2 aromatic carbocycles. The van der Waals surface area contributed by atoms with Crippen molar-refractivity contribution in [1.82, 2.24) is 0 Å². The summed E-state index contributed by atoms with van der Waals surface area (Å²) in [4.78, 5) is 20.0. The van der Waals surface area contributed by atoms with E-state index in [1.54, 1.807) is 6.07 Å². The Kier molecular flexibility index (Phi) is 4.37. The molecule has 2 rings (SSSR count). The predicted molar refractivity (Wildman–Crippen MR) is 77.4 cm³/mol. The van der Waals surface area contributed by atoms with E-state index in [0.717, 1.165) is 12.1 Å². The maximum Gasteiger partial charge on any atom is 0.301 e. The number of benzene rings is 2. The Hall–Kier alpha value is -3.36. The zero-order valence-electron chi connectivity index (χ0n) is 11.0. The van der Waals surface area contributed by atoms with Gasteiger partial charge in [0.2, 0.25) is 0 Å². The second-order valence-corrected chi connectivity index (χ2v) is 4.14. The van der Waals surface area contributed by atoms with E-state index in [4.69, 9.17) is 0 Å². The van der Waals surface area contributed by atoms with Crippen molar-refractivity contribution in [2.24, 2.45) is 5.10 Å². The fourth-order valence-corrected chi connectivity index (χ4v) is 1.64. The summed E-state index contributed by atoms with van der Waals surface area (Å²) in [5, 5.41) is 25.3. The molecule has 0 saturated carbocycles. The summed E-state index contributed by atoms with van der Waals surface area (Å²) in [7, 11) is 0. The Morgan fingerprint density at radius 2 is 1.86 bits per heavy atom. The number of nitro groups is 2. The standard InChI is InChI=1S/C13H9FN4O4/c14-10-3-1-2-9(6-10)8-15-16-12-5-4-11(17(19)20)7-13(12)18(21)22/h1-8,16H/b15-8+. The highest BCUT2D eigenvalue weighted by molar-refractivity contribution is 5.80. The molecule has 0 aliphatic heterocycles. The van der Waals surface area contributed by atoms with Gasteiger partial charge in [0.05, 0.1) is 22.1 Å². The summed E-state index contributed by atoms with van der Waals surface area (Å²) in [6.45, 7) is 0. The third-order valence-corrected chi connectivity index (χ3v) is 2.64. The first kappa shape index (κ1) is 15.0. The van der Waals surface area contributed by atoms with Crippen molar-refractivity contribution < 1.29 is 14.2 Å². The number of rotatable bonds is 5. The fourth-order valence-electron chi connectivity index (χ4n) is 1.64. The van der Waals surface area contributed by atoms with Crippen LogP contribution in [-0.4, -0.2) is 16.1 Å². The zero-order valence-corrected chi connectivity index (χ0v) is 11.0. The van der Waals surface area contributed by atoms with E-state index in [0.29, 0.717) is 5.56 Å². The topological polar surface area (TPSA) is 111 Å². The van der Waals surface area contributed by atoms with Crippen LogP contribution in [0, 0.1) is 26.0 Å². The Morgan fingerprint density at radius 1 is 1.09 bits per heavy atom. The zero-order chi connectivity index (χ0) is 16.1. The summed E-state index contributed by atoms with van der Waals surface area (Å²) in [5.74, 6) is -0.440. The Morgan fingerprint density at radius 3 is 2.50 bits per heavy atom. The molecule has 0 amide bonds. The molecule has 0 spiro atoms. The number of nitrogens with zero attached hydrogens (tertiary/aromatic N) is 3. The molecule has 0 radical (unpaired) electrons.